The van der Waals surface area contributed by atoms with Crippen LogP contribution in [0.2, 0.25) is 0 Å². The molecule has 1 N–H and O–H groups in total. The summed E-state index contributed by atoms with van der Waals surface area (Å²) in [5.41, 5.74) is 1.81. The van der Waals surface area contributed by atoms with Crippen molar-refractivity contribution >= 4 is 11.5 Å². The summed E-state index contributed by atoms with van der Waals surface area (Å²) in [5, 5.41) is 3.10. The molecule has 4 heteroatoms. The van der Waals surface area contributed by atoms with Gasteiger partial charge in [-0.3, -0.25) is 4.79 Å². The second kappa shape index (κ2) is 5.04. The van der Waals surface area contributed by atoms with Gasteiger partial charge in [0.25, 0.3) is 0 Å². The van der Waals surface area contributed by atoms with E-state index < -0.39 is 17.7 Å². The van der Waals surface area contributed by atoms with Gasteiger partial charge in [0.2, 0.25) is 0 Å². The molecule has 1 aliphatic rings. The molecule has 1 atom stereocenters. The zero-order valence-corrected chi connectivity index (χ0v) is 10.7. The minimum absolute atomic E-state index is 0.157. The molecule has 2 aromatic rings. The van der Waals surface area contributed by atoms with Crippen LogP contribution in [0.1, 0.15) is 11.1 Å². The largest absolute Gasteiger partial charge is 0.375 e. The van der Waals surface area contributed by atoms with Gasteiger partial charge in [0.1, 0.15) is 11.6 Å². The van der Waals surface area contributed by atoms with E-state index >= 15 is 0 Å². The van der Waals surface area contributed by atoms with Gasteiger partial charge in [0.05, 0.1) is 6.04 Å². The predicted molar refractivity (Wildman–Crippen MR) is 72.6 cm³/mol. The quantitative estimate of drug-likeness (QED) is 0.931. The Morgan fingerprint density at radius 1 is 1.10 bits per heavy atom. The molecule has 1 unspecified atom stereocenters. The fourth-order valence-corrected chi connectivity index (χ4v) is 2.49. The lowest BCUT2D eigenvalue weighted by molar-refractivity contribution is -0.119. The van der Waals surface area contributed by atoms with Crippen LogP contribution < -0.4 is 5.32 Å². The number of fused-ring (bicyclic) bond motifs is 1. The molecule has 102 valence electrons. The van der Waals surface area contributed by atoms with Crippen LogP contribution in [0.4, 0.5) is 14.5 Å². The number of halogens is 2. The van der Waals surface area contributed by atoms with Crippen molar-refractivity contribution in [3.63, 3.8) is 0 Å². The standard InChI is InChI=1S/C16H13F2NO/c17-12-5-3-6-13(18)11(12)9-16(20)15-8-10-4-1-2-7-14(10)19-15/h1-7,15,19H,8-9H2. The number of ketones is 1. The minimum Gasteiger partial charge on any atom is -0.375 e. The SMILES string of the molecule is O=C(Cc1c(F)cccc1F)C1Cc2ccccc2N1. The Morgan fingerprint density at radius 2 is 1.80 bits per heavy atom. The Balaban J connectivity index is 1.76. The van der Waals surface area contributed by atoms with E-state index in [-0.39, 0.29) is 17.8 Å². The monoisotopic (exact) mass is 273 g/mol. The molecule has 0 saturated heterocycles. The topological polar surface area (TPSA) is 29.1 Å². The third-order valence-electron chi connectivity index (χ3n) is 3.57. The molecule has 0 aliphatic carbocycles. The molecule has 0 spiro atoms. The van der Waals surface area contributed by atoms with Gasteiger partial charge in [-0.15, -0.1) is 0 Å². The Kier molecular flexibility index (Phi) is 3.22. The van der Waals surface area contributed by atoms with Gasteiger partial charge in [0.15, 0.2) is 5.78 Å². The van der Waals surface area contributed by atoms with Crippen LogP contribution in [-0.4, -0.2) is 11.8 Å². The highest BCUT2D eigenvalue weighted by molar-refractivity contribution is 5.90. The van der Waals surface area contributed by atoms with Crippen LogP contribution in [-0.2, 0) is 17.6 Å². The number of hydrogen-bond donors (Lipinski definition) is 1. The number of carbonyl (C=O) groups is 1. The van der Waals surface area contributed by atoms with E-state index in [4.69, 9.17) is 0 Å². The van der Waals surface area contributed by atoms with Gasteiger partial charge in [-0.1, -0.05) is 24.3 Å². The molecule has 0 aromatic heterocycles. The van der Waals surface area contributed by atoms with E-state index in [2.05, 4.69) is 5.32 Å². The summed E-state index contributed by atoms with van der Waals surface area (Å²) in [6.07, 6.45) is 0.329. The Morgan fingerprint density at radius 3 is 2.50 bits per heavy atom. The van der Waals surface area contributed by atoms with Crippen molar-refractivity contribution in [2.45, 2.75) is 18.9 Å². The molecule has 3 rings (SSSR count). The van der Waals surface area contributed by atoms with Crippen molar-refractivity contribution in [2.75, 3.05) is 5.32 Å². The first-order chi connectivity index (χ1) is 9.65. The molecular weight excluding hydrogens is 260 g/mol. The lowest BCUT2D eigenvalue weighted by Crippen LogP contribution is -2.29. The van der Waals surface area contributed by atoms with Crippen LogP contribution >= 0.6 is 0 Å². The molecule has 2 nitrogen and oxygen atoms in total. The summed E-state index contributed by atoms with van der Waals surface area (Å²) in [5.74, 6) is -1.55. The summed E-state index contributed by atoms with van der Waals surface area (Å²) < 4.78 is 27.1. The first kappa shape index (κ1) is 12.8. The molecule has 1 heterocycles. The van der Waals surface area contributed by atoms with Crippen molar-refractivity contribution < 1.29 is 13.6 Å². The lowest BCUT2D eigenvalue weighted by Gasteiger charge is -2.11. The number of para-hydroxylation sites is 1. The Labute approximate surface area is 115 Å². The van der Waals surface area contributed by atoms with Crippen LogP contribution in [0.25, 0.3) is 0 Å². The maximum Gasteiger partial charge on any atom is 0.159 e. The van der Waals surface area contributed by atoms with Crippen LogP contribution in [0.15, 0.2) is 42.5 Å². The van der Waals surface area contributed by atoms with Crippen molar-refractivity contribution in [1.29, 1.82) is 0 Å². The van der Waals surface area contributed by atoms with E-state index in [9.17, 15) is 13.6 Å². The molecule has 0 saturated carbocycles. The number of Topliss-reactive ketones (excluding diaryl/α,β-unsaturated/α-hetero) is 1. The molecule has 0 fully saturated rings. The van der Waals surface area contributed by atoms with Crippen molar-refractivity contribution in [1.82, 2.24) is 0 Å². The zero-order chi connectivity index (χ0) is 14.1. The van der Waals surface area contributed by atoms with Crippen molar-refractivity contribution in [3.05, 3.63) is 65.2 Å². The maximum absolute atomic E-state index is 13.5. The normalized spacial score (nSPS) is 16.6. The van der Waals surface area contributed by atoms with Crippen LogP contribution in [0.5, 0.6) is 0 Å². The zero-order valence-electron chi connectivity index (χ0n) is 10.7. The molecule has 20 heavy (non-hydrogen) atoms. The summed E-state index contributed by atoms with van der Waals surface area (Å²) in [4.78, 5) is 12.2. The minimum atomic E-state index is -0.672. The lowest BCUT2D eigenvalue weighted by atomic mass is 10.0. The van der Waals surface area contributed by atoms with Crippen molar-refractivity contribution in [2.24, 2.45) is 0 Å². The maximum atomic E-state index is 13.5. The van der Waals surface area contributed by atoms with E-state index in [1.165, 1.54) is 18.2 Å². The molecule has 2 aromatic carbocycles. The van der Waals surface area contributed by atoms with Crippen LogP contribution in [0.3, 0.4) is 0 Å². The van der Waals surface area contributed by atoms with E-state index in [1.807, 2.05) is 24.3 Å². The fourth-order valence-electron chi connectivity index (χ4n) is 2.49. The average Bonchev–Trinajstić information content (AvgIpc) is 2.87. The number of benzene rings is 2. The summed E-state index contributed by atoms with van der Waals surface area (Å²) in [6, 6.07) is 10.9. The van der Waals surface area contributed by atoms with Gasteiger partial charge in [-0.25, -0.2) is 8.78 Å². The highest BCUT2D eigenvalue weighted by Gasteiger charge is 2.27. The third-order valence-corrected chi connectivity index (χ3v) is 3.57. The molecule has 1 aliphatic heterocycles. The molecule has 0 amide bonds. The van der Waals surface area contributed by atoms with E-state index in [0.29, 0.717) is 6.42 Å². The second-order valence-corrected chi connectivity index (χ2v) is 4.90. The van der Waals surface area contributed by atoms with Gasteiger partial charge in [-0.05, 0) is 23.8 Å². The van der Waals surface area contributed by atoms with Gasteiger partial charge in [0, 0.05) is 24.1 Å². The number of carbonyl (C=O) groups excluding carboxylic acids is 1. The first-order valence-electron chi connectivity index (χ1n) is 6.45. The fraction of sp³-hybridized carbons (Fsp3) is 0.188. The van der Waals surface area contributed by atoms with Crippen LogP contribution in [0, 0.1) is 11.6 Å². The first-order valence-corrected chi connectivity index (χ1v) is 6.45. The Hall–Kier alpha value is -2.23. The third kappa shape index (κ3) is 2.29. The molecule has 0 radical (unpaired) electrons. The smallest absolute Gasteiger partial charge is 0.159 e. The summed E-state index contributed by atoms with van der Waals surface area (Å²) in [6.45, 7) is 0. The number of nitrogens with one attached hydrogen (secondary N) is 1. The number of rotatable bonds is 3. The second-order valence-electron chi connectivity index (χ2n) is 4.90. The summed E-state index contributed by atoms with van der Waals surface area (Å²) >= 11 is 0. The van der Waals surface area contributed by atoms with Gasteiger partial charge >= 0.3 is 0 Å². The average molecular weight is 273 g/mol. The Bertz CT molecular complexity index is 624. The number of anilines is 1. The van der Waals surface area contributed by atoms with Gasteiger partial charge in [-0.2, -0.15) is 0 Å². The summed E-state index contributed by atoms with van der Waals surface area (Å²) in [7, 11) is 0. The molecular formula is C16H13F2NO. The molecule has 0 bridgehead atoms. The predicted octanol–water partition coefficient (Wildman–Crippen LogP) is 3.11. The number of hydrogen-bond acceptors (Lipinski definition) is 2. The highest BCUT2D eigenvalue weighted by Crippen LogP contribution is 2.26. The van der Waals surface area contributed by atoms with Gasteiger partial charge < -0.3 is 5.32 Å². The van der Waals surface area contributed by atoms with E-state index in [1.54, 1.807) is 0 Å². The highest BCUT2D eigenvalue weighted by atomic mass is 19.1. The van der Waals surface area contributed by atoms with Crippen molar-refractivity contribution in [3.8, 4) is 0 Å². The van der Waals surface area contributed by atoms with E-state index in [0.717, 1.165) is 11.3 Å².